The van der Waals surface area contributed by atoms with Crippen LogP contribution in [0.2, 0.25) is 0 Å². The molecule has 1 aromatic carbocycles. The average Bonchev–Trinajstić information content (AvgIpc) is 2.35. The van der Waals surface area contributed by atoms with Crippen LogP contribution in [0.3, 0.4) is 0 Å². The predicted octanol–water partition coefficient (Wildman–Crippen LogP) is 0.318. The van der Waals surface area contributed by atoms with E-state index in [0.29, 0.717) is 11.1 Å². The topological polar surface area (TPSA) is 96.3 Å². The number of carbonyl (C=O) groups is 1. The van der Waals surface area contributed by atoms with Crippen molar-refractivity contribution in [3.63, 3.8) is 0 Å². The molecule has 1 rings (SSSR count). The van der Waals surface area contributed by atoms with E-state index in [9.17, 15) is 13.2 Å². The van der Waals surface area contributed by atoms with Gasteiger partial charge in [-0.25, -0.2) is 8.42 Å². The third-order valence-corrected chi connectivity index (χ3v) is 3.79. The number of hydrogen-bond acceptors (Lipinski definition) is 5. The van der Waals surface area contributed by atoms with E-state index in [4.69, 9.17) is 5.26 Å². The van der Waals surface area contributed by atoms with Crippen LogP contribution in [0.15, 0.2) is 23.1 Å². The van der Waals surface area contributed by atoms with E-state index < -0.39 is 22.5 Å². The van der Waals surface area contributed by atoms with Gasteiger partial charge < -0.3 is 4.74 Å². The van der Waals surface area contributed by atoms with Crippen molar-refractivity contribution in [3.8, 4) is 6.07 Å². The van der Waals surface area contributed by atoms with E-state index in [1.807, 2.05) is 6.07 Å². The number of nitriles is 1. The second-order valence-electron chi connectivity index (χ2n) is 3.49. The maximum absolute atomic E-state index is 11.9. The van der Waals surface area contributed by atoms with Crippen LogP contribution >= 0.6 is 0 Å². The van der Waals surface area contributed by atoms with Crippen molar-refractivity contribution in [2.45, 2.75) is 11.8 Å². The molecule has 7 heteroatoms. The van der Waals surface area contributed by atoms with Gasteiger partial charge in [-0.2, -0.15) is 9.98 Å². The van der Waals surface area contributed by atoms with Gasteiger partial charge in [0.25, 0.3) is 0 Å². The van der Waals surface area contributed by atoms with Crippen molar-refractivity contribution >= 4 is 16.0 Å². The highest BCUT2D eigenvalue weighted by atomic mass is 32.2. The summed E-state index contributed by atoms with van der Waals surface area (Å²) in [5.41, 5.74) is 0.811. The molecule has 0 aromatic heterocycles. The second-order valence-corrected chi connectivity index (χ2v) is 5.23. The third kappa shape index (κ3) is 3.29. The Hall–Kier alpha value is -1.91. The number of aryl methyl sites for hydroxylation is 1. The maximum Gasteiger partial charge on any atom is 0.320 e. The number of nitrogens with zero attached hydrogens (tertiary/aromatic N) is 1. The van der Waals surface area contributed by atoms with Gasteiger partial charge in [0.1, 0.15) is 6.54 Å². The Balaban J connectivity index is 2.99. The highest BCUT2D eigenvalue weighted by Crippen LogP contribution is 2.16. The molecule has 1 N–H and O–H groups in total. The quantitative estimate of drug-likeness (QED) is 0.793. The number of sulfonamides is 1. The Morgan fingerprint density at radius 3 is 2.67 bits per heavy atom. The van der Waals surface area contributed by atoms with Gasteiger partial charge in [-0.05, 0) is 30.7 Å². The third-order valence-electron chi connectivity index (χ3n) is 2.23. The minimum absolute atomic E-state index is 0.0328. The van der Waals surface area contributed by atoms with E-state index in [2.05, 4.69) is 9.46 Å². The van der Waals surface area contributed by atoms with Crippen molar-refractivity contribution in [2.24, 2.45) is 0 Å². The molecule has 0 atom stereocenters. The van der Waals surface area contributed by atoms with Crippen LogP contribution in [0.4, 0.5) is 0 Å². The zero-order valence-electron chi connectivity index (χ0n) is 9.93. The Bertz CT molecular complexity index is 602. The summed E-state index contributed by atoms with van der Waals surface area (Å²) >= 11 is 0. The molecule has 6 nitrogen and oxygen atoms in total. The van der Waals surface area contributed by atoms with Gasteiger partial charge in [0, 0.05) is 0 Å². The average molecular weight is 268 g/mol. The van der Waals surface area contributed by atoms with Crippen molar-refractivity contribution in [1.82, 2.24) is 4.72 Å². The fourth-order valence-corrected chi connectivity index (χ4v) is 2.52. The summed E-state index contributed by atoms with van der Waals surface area (Å²) in [6.45, 7) is 1.14. The molecule has 0 heterocycles. The molecule has 0 bridgehead atoms. The highest BCUT2D eigenvalue weighted by Gasteiger charge is 2.18. The van der Waals surface area contributed by atoms with E-state index in [0.717, 1.165) is 0 Å². The summed E-state index contributed by atoms with van der Waals surface area (Å²) in [6.07, 6.45) is 0. The van der Waals surface area contributed by atoms with Gasteiger partial charge in [0.2, 0.25) is 10.0 Å². The lowest BCUT2D eigenvalue weighted by atomic mass is 10.2. The summed E-state index contributed by atoms with van der Waals surface area (Å²) in [7, 11) is -2.61. The van der Waals surface area contributed by atoms with Crippen LogP contribution < -0.4 is 4.72 Å². The molecule has 0 spiro atoms. The molecule has 18 heavy (non-hydrogen) atoms. The normalized spacial score (nSPS) is 10.7. The first kappa shape index (κ1) is 14.2. The number of carbonyl (C=O) groups excluding carboxylic acids is 1. The first-order valence-corrected chi connectivity index (χ1v) is 6.46. The molecule has 0 fully saturated rings. The Labute approximate surface area is 105 Å². The fourth-order valence-electron chi connectivity index (χ4n) is 1.32. The minimum atomic E-state index is -3.78. The largest absolute Gasteiger partial charge is 0.468 e. The van der Waals surface area contributed by atoms with Gasteiger partial charge in [0.15, 0.2) is 0 Å². The number of nitrogens with one attached hydrogen (secondary N) is 1. The predicted molar refractivity (Wildman–Crippen MR) is 63.1 cm³/mol. The number of ether oxygens (including phenoxy) is 1. The van der Waals surface area contributed by atoms with Crippen LogP contribution in [0.25, 0.3) is 0 Å². The highest BCUT2D eigenvalue weighted by molar-refractivity contribution is 7.89. The second kappa shape index (κ2) is 5.62. The SMILES string of the molecule is COC(=O)CNS(=O)(=O)c1ccc(C#N)cc1C. The van der Waals surface area contributed by atoms with Crippen LogP contribution in [0, 0.1) is 18.3 Å². The van der Waals surface area contributed by atoms with E-state index in [1.165, 1.54) is 25.3 Å². The van der Waals surface area contributed by atoms with Crippen molar-refractivity contribution in [3.05, 3.63) is 29.3 Å². The number of methoxy groups -OCH3 is 1. The van der Waals surface area contributed by atoms with Crippen LogP contribution in [0.5, 0.6) is 0 Å². The Morgan fingerprint density at radius 2 is 2.17 bits per heavy atom. The summed E-state index contributed by atoms with van der Waals surface area (Å²) in [5, 5.41) is 8.69. The molecular weight excluding hydrogens is 256 g/mol. The molecule has 1 aromatic rings. The first-order valence-electron chi connectivity index (χ1n) is 4.98. The van der Waals surface area contributed by atoms with Gasteiger partial charge >= 0.3 is 5.97 Å². The number of esters is 1. The van der Waals surface area contributed by atoms with Crippen molar-refractivity contribution < 1.29 is 17.9 Å². The molecule has 0 unspecified atom stereocenters. The van der Waals surface area contributed by atoms with Crippen LogP contribution in [-0.2, 0) is 19.6 Å². The van der Waals surface area contributed by atoms with Gasteiger partial charge in [-0.3, -0.25) is 4.79 Å². The Kier molecular flexibility index (Phi) is 4.42. The zero-order valence-corrected chi connectivity index (χ0v) is 10.7. The number of hydrogen-bond donors (Lipinski definition) is 1. The lowest BCUT2D eigenvalue weighted by Crippen LogP contribution is -2.30. The van der Waals surface area contributed by atoms with Gasteiger partial charge in [-0.1, -0.05) is 0 Å². The smallest absolute Gasteiger partial charge is 0.320 e. The van der Waals surface area contributed by atoms with Crippen LogP contribution in [0.1, 0.15) is 11.1 Å². The molecule has 0 aliphatic heterocycles. The Morgan fingerprint density at radius 1 is 1.50 bits per heavy atom. The van der Waals surface area contributed by atoms with Crippen molar-refractivity contribution in [1.29, 1.82) is 5.26 Å². The summed E-state index contributed by atoms with van der Waals surface area (Å²) < 4.78 is 30.2. The number of benzene rings is 1. The van der Waals surface area contributed by atoms with Gasteiger partial charge in [0.05, 0.1) is 23.6 Å². The maximum atomic E-state index is 11.9. The lowest BCUT2D eigenvalue weighted by Gasteiger charge is -2.08. The van der Waals surface area contributed by atoms with E-state index in [1.54, 1.807) is 6.92 Å². The molecular formula is C11H12N2O4S. The molecule has 0 saturated heterocycles. The monoisotopic (exact) mass is 268 g/mol. The molecule has 0 saturated carbocycles. The lowest BCUT2D eigenvalue weighted by molar-refractivity contribution is -0.139. The summed E-state index contributed by atoms with van der Waals surface area (Å²) in [4.78, 5) is 10.9. The van der Waals surface area contributed by atoms with Gasteiger partial charge in [-0.15, -0.1) is 0 Å². The molecule has 0 amide bonds. The molecule has 0 radical (unpaired) electrons. The summed E-state index contributed by atoms with van der Waals surface area (Å²) in [5.74, 6) is -0.676. The first-order chi connectivity index (χ1) is 8.40. The van der Waals surface area contributed by atoms with E-state index in [-0.39, 0.29) is 4.90 Å². The zero-order chi connectivity index (χ0) is 13.8. The molecule has 96 valence electrons. The van der Waals surface area contributed by atoms with Crippen molar-refractivity contribution in [2.75, 3.05) is 13.7 Å². The summed E-state index contributed by atoms with van der Waals surface area (Å²) in [6, 6.07) is 6.11. The minimum Gasteiger partial charge on any atom is -0.468 e. The fraction of sp³-hybridized carbons (Fsp3) is 0.273. The molecule has 0 aliphatic carbocycles. The molecule has 0 aliphatic rings. The van der Waals surface area contributed by atoms with Crippen LogP contribution in [-0.4, -0.2) is 28.0 Å². The van der Waals surface area contributed by atoms with E-state index >= 15 is 0 Å². The standard InChI is InChI=1S/C11H12N2O4S/c1-8-5-9(6-12)3-4-10(8)18(15,16)13-7-11(14)17-2/h3-5,13H,7H2,1-2H3. The number of rotatable bonds is 4.